The second-order valence-electron chi connectivity index (χ2n) is 5.01. The quantitative estimate of drug-likeness (QED) is 0.812. The van der Waals surface area contributed by atoms with Gasteiger partial charge in [0.1, 0.15) is 0 Å². The average molecular weight is 253 g/mol. The van der Waals surface area contributed by atoms with Gasteiger partial charge in [-0.15, -0.1) is 0 Å². The van der Waals surface area contributed by atoms with Gasteiger partial charge in [-0.3, -0.25) is 0 Å². The maximum Gasteiger partial charge on any atom is 0.0317 e. The molecule has 0 aliphatic rings. The fraction of sp³-hybridized carbons (Fsp3) is 0.333. The molecule has 1 heteroatoms. The van der Waals surface area contributed by atoms with Crippen LogP contribution in [0.3, 0.4) is 0 Å². The Morgan fingerprint density at radius 2 is 1.68 bits per heavy atom. The first-order valence-corrected chi connectivity index (χ1v) is 7.15. The van der Waals surface area contributed by atoms with Gasteiger partial charge in [0, 0.05) is 6.04 Å². The van der Waals surface area contributed by atoms with Crippen LogP contribution in [0, 0.1) is 6.92 Å². The van der Waals surface area contributed by atoms with Gasteiger partial charge in [0.2, 0.25) is 0 Å². The summed E-state index contributed by atoms with van der Waals surface area (Å²) >= 11 is 0. The third kappa shape index (κ3) is 3.45. The SMILES string of the molecule is CCNC(CC)c1cccc(-c2ccc(C)cc2)c1. The summed E-state index contributed by atoms with van der Waals surface area (Å²) in [7, 11) is 0. The zero-order chi connectivity index (χ0) is 13.7. The number of nitrogens with one attached hydrogen (secondary N) is 1. The summed E-state index contributed by atoms with van der Waals surface area (Å²) in [6.45, 7) is 7.52. The zero-order valence-corrected chi connectivity index (χ0v) is 12.1. The van der Waals surface area contributed by atoms with E-state index in [2.05, 4.69) is 74.6 Å². The molecule has 0 aromatic heterocycles. The Labute approximate surface area is 116 Å². The summed E-state index contributed by atoms with van der Waals surface area (Å²) in [4.78, 5) is 0. The van der Waals surface area contributed by atoms with Gasteiger partial charge in [-0.1, -0.05) is 61.9 Å². The Balaban J connectivity index is 2.30. The standard InChI is InChI=1S/C18H23N/c1-4-18(19-5-2)17-8-6-7-16(13-17)15-11-9-14(3)10-12-15/h6-13,18-19H,4-5H2,1-3H3. The fourth-order valence-electron chi connectivity index (χ4n) is 2.43. The van der Waals surface area contributed by atoms with Gasteiger partial charge in [-0.25, -0.2) is 0 Å². The van der Waals surface area contributed by atoms with Crippen molar-refractivity contribution in [3.05, 3.63) is 59.7 Å². The normalized spacial score (nSPS) is 12.4. The third-order valence-electron chi connectivity index (χ3n) is 3.53. The highest BCUT2D eigenvalue weighted by molar-refractivity contribution is 5.64. The van der Waals surface area contributed by atoms with Crippen LogP contribution in [0.5, 0.6) is 0 Å². The van der Waals surface area contributed by atoms with Gasteiger partial charge in [-0.2, -0.15) is 0 Å². The van der Waals surface area contributed by atoms with E-state index in [1.807, 2.05) is 0 Å². The van der Waals surface area contributed by atoms with Crippen LogP contribution in [-0.4, -0.2) is 6.54 Å². The van der Waals surface area contributed by atoms with E-state index < -0.39 is 0 Å². The van der Waals surface area contributed by atoms with Gasteiger partial charge in [-0.05, 0) is 42.6 Å². The molecule has 2 aromatic rings. The molecule has 1 atom stereocenters. The molecular formula is C18H23N. The molecule has 1 nitrogen and oxygen atoms in total. The maximum absolute atomic E-state index is 3.54. The van der Waals surface area contributed by atoms with Crippen molar-refractivity contribution in [1.82, 2.24) is 5.32 Å². The lowest BCUT2D eigenvalue weighted by Gasteiger charge is -2.17. The van der Waals surface area contributed by atoms with Crippen molar-refractivity contribution in [3.8, 4) is 11.1 Å². The van der Waals surface area contributed by atoms with Crippen LogP contribution in [0.1, 0.15) is 37.4 Å². The molecule has 0 bridgehead atoms. The van der Waals surface area contributed by atoms with Crippen LogP contribution in [0.2, 0.25) is 0 Å². The van der Waals surface area contributed by atoms with Gasteiger partial charge in [0.25, 0.3) is 0 Å². The highest BCUT2D eigenvalue weighted by Gasteiger charge is 2.08. The van der Waals surface area contributed by atoms with Crippen LogP contribution >= 0.6 is 0 Å². The van der Waals surface area contributed by atoms with Crippen molar-refractivity contribution in [2.75, 3.05) is 6.54 Å². The van der Waals surface area contributed by atoms with Crippen LogP contribution in [0.4, 0.5) is 0 Å². The Kier molecular flexibility index (Phi) is 4.75. The van der Waals surface area contributed by atoms with E-state index in [1.165, 1.54) is 22.3 Å². The zero-order valence-electron chi connectivity index (χ0n) is 12.1. The van der Waals surface area contributed by atoms with Gasteiger partial charge in [0.15, 0.2) is 0 Å². The summed E-state index contributed by atoms with van der Waals surface area (Å²) < 4.78 is 0. The maximum atomic E-state index is 3.54. The number of benzene rings is 2. The van der Waals surface area contributed by atoms with Crippen LogP contribution in [0.15, 0.2) is 48.5 Å². The molecule has 1 unspecified atom stereocenters. The van der Waals surface area contributed by atoms with Gasteiger partial charge < -0.3 is 5.32 Å². The van der Waals surface area contributed by atoms with E-state index in [0.717, 1.165) is 13.0 Å². The predicted molar refractivity (Wildman–Crippen MR) is 83.3 cm³/mol. The Morgan fingerprint density at radius 3 is 2.32 bits per heavy atom. The minimum Gasteiger partial charge on any atom is -0.310 e. The first kappa shape index (κ1) is 13.8. The van der Waals surface area contributed by atoms with Crippen LogP contribution in [0.25, 0.3) is 11.1 Å². The Hall–Kier alpha value is -1.60. The van der Waals surface area contributed by atoms with E-state index in [0.29, 0.717) is 6.04 Å². The summed E-state index contributed by atoms with van der Waals surface area (Å²) in [6.07, 6.45) is 1.12. The number of rotatable bonds is 5. The third-order valence-corrected chi connectivity index (χ3v) is 3.53. The van der Waals surface area contributed by atoms with E-state index in [9.17, 15) is 0 Å². The van der Waals surface area contributed by atoms with Crippen molar-refractivity contribution in [1.29, 1.82) is 0 Å². The molecule has 2 rings (SSSR count). The van der Waals surface area contributed by atoms with E-state index >= 15 is 0 Å². The minimum absolute atomic E-state index is 0.454. The van der Waals surface area contributed by atoms with Crippen LogP contribution in [-0.2, 0) is 0 Å². The molecule has 0 aliphatic carbocycles. The number of hydrogen-bond donors (Lipinski definition) is 1. The molecule has 0 saturated heterocycles. The lowest BCUT2D eigenvalue weighted by Crippen LogP contribution is -2.19. The number of hydrogen-bond acceptors (Lipinski definition) is 1. The molecule has 0 spiro atoms. The lowest BCUT2D eigenvalue weighted by molar-refractivity contribution is 0.537. The topological polar surface area (TPSA) is 12.0 Å². The minimum atomic E-state index is 0.454. The Morgan fingerprint density at radius 1 is 0.947 bits per heavy atom. The second kappa shape index (κ2) is 6.53. The van der Waals surface area contributed by atoms with Crippen molar-refractivity contribution in [2.24, 2.45) is 0 Å². The molecule has 19 heavy (non-hydrogen) atoms. The average Bonchev–Trinajstić information content (AvgIpc) is 2.45. The lowest BCUT2D eigenvalue weighted by atomic mass is 9.98. The summed E-state index contributed by atoms with van der Waals surface area (Å²) in [6, 6.07) is 18.1. The molecule has 100 valence electrons. The molecule has 0 aliphatic heterocycles. The largest absolute Gasteiger partial charge is 0.310 e. The Bertz CT molecular complexity index is 513. The van der Waals surface area contributed by atoms with Gasteiger partial charge in [0.05, 0.1) is 0 Å². The second-order valence-corrected chi connectivity index (χ2v) is 5.01. The summed E-state index contributed by atoms with van der Waals surface area (Å²) in [5.41, 5.74) is 5.27. The molecular weight excluding hydrogens is 230 g/mol. The van der Waals surface area contributed by atoms with Crippen molar-refractivity contribution < 1.29 is 0 Å². The van der Waals surface area contributed by atoms with Gasteiger partial charge >= 0.3 is 0 Å². The van der Waals surface area contributed by atoms with E-state index in [1.54, 1.807) is 0 Å². The molecule has 0 heterocycles. The van der Waals surface area contributed by atoms with E-state index in [4.69, 9.17) is 0 Å². The summed E-state index contributed by atoms with van der Waals surface area (Å²) in [5.74, 6) is 0. The number of aryl methyl sites for hydroxylation is 1. The van der Waals surface area contributed by atoms with Crippen LogP contribution < -0.4 is 5.32 Å². The smallest absolute Gasteiger partial charge is 0.0317 e. The molecule has 0 amide bonds. The predicted octanol–water partition coefficient (Wildman–Crippen LogP) is 4.72. The van der Waals surface area contributed by atoms with Crippen molar-refractivity contribution in [3.63, 3.8) is 0 Å². The molecule has 2 aromatic carbocycles. The molecule has 0 fully saturated rings. The first-order valence-electron chi connectivity index (χ1n) is 7.15. The molecule has 0 radical (unpaired) electrons. The molecule has 1 N–H and O–H groups in total. The summed E-state index contributed by atoms with van der Waals surface area (Å²) in [5, 5.41) is 3.54. The molecule has 0 saturated carbocycles. The highest BCUT2D eigenvalue weighted by Crippen LogP contribution is 2.24. The fourth-order valence-corrected chi connectivity index (χ4v) is 2.43. The van der Waals surface area contributed by atoms with Crippen molar-refractivity contribution >= 4 is 0 Å². The van der Waals surface area contributed by atoms with Crippen molar-refractivity contribution in [2.45, 2.75) is 33.2 Å². The van der Waals surface area contributed by atoms with E-state index in [-0.39, 0.29) is 0 Å². The monoisotopic (exact) mass is 253 g/mol. The first-order chi connectivity index (χ1) is 9.24. The highest BCUT2D eigenvalue weighted by atomic mass is 14.9.